The molecule has 1 aliphatic carbocycles. The monoisotopic (exact) mass is 491 g/mol. The van der Waals surface area contributed by atoms with Crippen molar-refractivity contribution in [2.75, 3.05) is 46.3 Å². The van der Waals surface area contributed by atoms with Gasteiger partial charge in [0.15, 0.2) is 5.96 Å². The van der Waals surface area contributed by atoms with Gasteiger partial charge in [-0.15, -0.1) is 24.0 Å². The second-order valence-electron chi connectivity index (χ2n) is 8.15. The summed E-state index contributed by atoms with van der Waals surface area (Å²) < 4.78 is 5.90. The minimum atomic E-state index is 0. The molecular formula is C19H34IN5O2. The van der Waals surface area contributed by atoms with E-state index in [1.54, 1.807) is 0 Å². The van der Waals surface area contributed by atoms with Crippen molar-refractivity contribution in [3.05, 3.63) is 0 Å². The second-order valence-corrected chi connectivity index (χ2v) is 8.15. The van der Waals surface area contributed by atoms with Gasteiger partial charge in [-0.05, 0) is 32.1 Å². The molecule has 1 amide bonds. The highest BCUT2D eigenvalue weighted by molar-refractivity contribution is 14.0. The lowest BCUT2D eigenvalue weighted by atomic mass is 9.84. The molecule has 1 saturated carbocycles. The molecule has 3 saturated heterocycles. The summed E-state index contributed by atoms with van der Waals surface area (Å²) >= 11 is 0. The minimum Gasteiger partial charge on any atom is -0.373 e. The third kappa shape index (κ3) is 5.06. The molecule has 2 bridgehead atoms. The van der Waals surface area contributed by atoms with Gasteiger partial charge in [-0.25, -0.2) is 0 Å². The first-order valence-electron chi connectivity index (χ1n) is 10.4. The van der Waals surface area contributed by atoms with E-state index in [4.69, 9.17) is 4.74 Å². The molecule has 0 aromatic heterocycles. The van der Waals surface area contributed by atoms with Crippen molar-refractivity contribution in [1.82, 2.24) is 20.4 Å². The summed E-state index contributed by atoms with van der Waals surface area (Å²) in [6.45, 7) is 5.58. The summed E-state index contributed by atoms with van der Waals surface area (Å²) in [5.74, 6) is 1.60. The molecule has 0 aromatic carbocycles. The standard InChI is InChI=1S/C19H33N5O2.HI/c1-20-19(22-16-13-15-5-6-17(16)26-15)21-7-8-23-9-11-24(12-10-23)18(25)14-3-2-4-14;/h14-17H,2-13H2,1H3,(H2,20,21,22);1H. The van der Waals surface area contributed by atoms with Crippen LogP contribution in [0.3, 0.4) is 0 Å². The maximum absolute atomic E-state index is 12.3. The zero-order valence-corrected chi connectivity index (χ0v) is 18.7. The normalized spacial score (nSPS) is 31.4. The van der Waals surface area contributed by atoms with Gasteiger partial charge in [0.2, 0.25) is 5.91 Å². The number of nitrogens with zero attached hydrogens (tertiary/aromatic N) is 3. The van der Waals surface area contributed by atoms with Crippen LogP contribution in [0, 0.1) is 5.92 Å². The number of carbonyl (C=O) groups is 1. The number of hydrogen-bond acceptors (Lipinski definition) is 4. The highest BCUT2D eigenvalue weighted by atomic mass is 127. The van der Waals surface area contributed by atoms with Crippen molar-refractivity contribution >= 4 is 35.8 Å². The smallest absolute Gasteiger partial charge is 0.225 e. The Balaban J connectivity index is 0.00000210. The zero-order chi connectivity index (χ0) is 17.9. The first-order valence-corrected chi connectivity index (χ1v) is 10.4. The molecule has 0 radical (unpaired) electrons. The van der Waals surface area contributed by atoms with Gasteiger partial charge in [0, 0.05) is 52.2 Å². The molecule has 2 N–H and O–H groups in total. The van der Waals surface area contributed by atoms with Crippen LogP contribution < -0.4 is 10.6 Å². The van der Waals surface area contributed by atoms with Crippen LogP contribution in [0.2, 0.25) is 0 Å². The Bertz CT molecular complexity index is 534. The molecule has 27 heavy (non-hydrogen) atoms. The largest absolute Gasteiger partial charge is 0.373 e. The number of halogens is 1. The maximum Gasteiger partial charge on any atom is 0.225 e. The summed E-state index contributed by atoms with van der Waals surface area (Å²) in [4.78, 5) is 21.2. The van der Waals surface area contributed by atoms with Crippen LogP contribution in [0.1, 0.15) is 38.5 Å². The molecule has 3 unspecified atom stereocenters. The fourth-order valence-corrected chi connectivity index (χ4v) is 4.60. The Hall–Kier alpha value is -0.610. The van der Waals surface area contributed by atoms with Crippen LogP contribution in [-0.2, 0) is 9.53 Å². The predicted molar refractivity (Wildman–Crippen MR) is 117 cm³/mol. The molecule has 0 spiro atoms. The number of guanidine groups is 1. The zero-order valence-electron chi connectivity index (χ0n) is 16.4. The molecule has 4 rings (SSSR count). The molecule has 3 aliphatic heterocycles. The van der Waals surface area contributed by atoms with E-state index in [0.29, 0.717) is 30.1 Å². The molecule has 154 valence electrons. The Kier molecular flexibility index (Phi) is 7.61. The van der Waals surface area contributed by atoms with Gasteiger partial charge in [-0.3, -0.25) is 14.7 Å². The van der Waals surface area contributed by atoms with E-state index in [1.807, 2.05) is 7.05 Å². The molecular weight excluding hydrogens is 457 g/mol. The fraction of sp³-hybridized carbons (Fsp3) is 0.895. The van der Waals surface area contributed by atoms with Crippen molar-refractivity contribution in [2.24, 2.45) is 10.9 Å². The summed E-state index contributed by atoms with van der Waals surface area (Å²) in [5, 5.41) is 6.96. The maximum atomic E-state index is 12.3. The van der Waals surface area contributed by atoms with Crippen LogP contribution in [0.25, 0.3) is 0 Å². The van der Waals surface area contributed by atoms with Crippen molar-refractivity contribution < 1.29 is 9.53 Å². The van der Waals surface area contributed by atoms with Crippen LogP contribution in [0.5, 0.6) is 0 Å². The highest BCUT2D eigenvalue weighted by Crippen LogP contribution is 2.34. The third-order valence-electron chi connectivity index (χ3n) is 6.51. The van der Waals surface area contributed by atoms with Crippen LogP contribution >= 0.6 is 24.0 Å². The van der Waals surface area contributed by atoms with E-state index < -0.39 is 0 Å². The third-order valence-corrected chi connectivity index (χ3v) is 6.51. The second kappa shape index (κ2) is 9.73. The van der Waals surface area contributed by atoms with E-state index in [2.05, 4.69) is 25.4 Å². The first kappa shape index (κ1) is 21.1. The lowest BCUT2D eigenvalue weighted by molar-refractivity contribution is -0.139. The Morgan fingerprint density at radius 1 is 1.15 bits per heavy atom. The summed E-state index contributed by atoms with van der Waals surface area (Å²) in [7, 11) is 1.83. The van der Waals surface area contributed by atoms with Gasteiger partial charge in [-0.1, -0.05) is 6.42 Å². The summed E-state index contributed by atoms with van der Waals surface area (Å²) in [6.07, 6.45) is 7.72. The van der Waals surface area contributed by atoms with Crippen molar-refractivity contribution in [1.29, 1.82) is 0 Å². The first-order chi connectivity index (χ1) is 12.7. The van der Waals surface area contributed by atoms with Crippen molar-refractivity contribution in [2.45, 2.75) is 56.8 Å². The average Bonchev–Trinajstić information content (AvgIpc) is 3.23. The van der Waals surface area contributed by atoms with Gasteiger partial charge in [-0.2, -0.15) is 0 Å². The quantitative estimate of drug-likeness (QED) is 0.342. The molecule has 3 atom stereocenters. The van der Waals surface area contributed by atoms with Crippen LogP contribution in [-0.4, -0.2) is 86.2 Å². The number of nitrogens with one attached hydrogen (secondary N) is 2. The number of amides is 1. The lowest BCUT2D eigenvalue weighted by Gasteiger charge is -2.38. The molecule has 0 aromatic rings. The number of ether oxygens (including phenoxy) is 1. The van der Waals surface area contributed by atoms with Gasteiger partial charge in [0.05, 0.1) is 18.2 Å². The fourth-order valence-electron chi connectivity index (χ4n) is 4.60. The number of carbonyl (C=O) groups excluding carboxylic acids is 1. The topological polar surface area (TPSA) is 69.2 Å². The number of hydrogen-bond donors (Lipinski definition) is 2. The van der Waals surface area contributed by atoms with Gasteiger partial charge in [0.25, 0.3) is 0 Å². The lowest BCUT2D eigenvalue weighted by Crippen LogP contribution is -2.53. The number of fused-ring (bicyclic) bond motifs is 2. The Labute approximate surface area is 179 Å². The number of piperazine rings is 1. The van der Waals surface area contributed by atoms with E-state index in [9.17, 15) is 4.79 Å². The summed E-state index contributed by atoms with van der Waals surface area (Å²) in [6, 6.07) is 0.404. The van der Waals surface area contributed by atoms with E-state index >= 15 is 0 Å². The highest BCUT2D eigenvalue weighted by Gasteiger charge is 2.41. The summed E-state index contributed by atoms with van der Waals surface area (Å²) in [5.41, 5.74) is 0. The SMILES string of the molecule is CN=C(NCCN1CCN(C(=O)C2CCC2)CC1)NC1CC2CCC1O2.I. The molecule has 3 heterocycles. The average molecular weight is 491 g/mol. The Morgan fingerprint density at radius 3 is 2.48 bits per heavy atom. The number of rotatable bonds is 5. The van der Waals surface area contributed by atoms with Gasteiger partial charge < -0.3 is 20.3 Å². The van der Waals surface area contributed by atoms with E-state index in [1.165, 1.54) is 19.3 Å². The van der Waals surface area contributed by atoms with Crippen LogP contribution in [0.15, 0.2) is 4.99 Å². The van der Waals surface area contributed by atoms with Gasteiger partial charge >= 0.3 is 0 Å². The van der Waals surface area contributed by atoms with Crippen LogP contribution in [0.4, 0.5) is 0 Å². The Morgan fingerprint density at radius 2 is 1.93 bits per heavy atom. The number of aliphatic imine (C=N–C) groups is 1. The van der Waals surface area contributed by atoms with Crippen molar-refractivity contribution in [3.8, 4) is 0 Å². The molecule has 8 heteroatoms. The van der Waals surface area contributed by atoms with E-state index in [-0.39, 0.29) is 24.0 Å². The van der Waals surface area contributed by atoms with Crippen molar-refractivity contribution in [3.63, 3.8) is 0 Å². The van der Waals surface area contributed by atoms with E-state index in [0.717, 1.165) is 64.5 Å². The molecule has 4 aliphatic rings. The van der Waals surface area contributed by atoms with Gasteiger partial charge in [0.1, 0.15) is 0 Å². The predicted octanol–water partition coefficient (Wildman–Crippen LogP) is 1.03. The molecule has 7 nitrogen and oxygen atoms in total. The minimum absolute atomic E-state index is 0. The molecule has 4 fully saturated rings.